The number of hydrogen-bond donors (Lipinski definition) is 1. The lowest BCUT2D eigenvalue weighted by molar-refractivity contribution is -0.134. The highest BCUT2D eigenvalue weighted by Gasteiger charge is 2.18. The molecule has 20 heavy (non-hydrogen) atoms. The molecule has 0 radical (unpaired) electrons. The summed E-state index contributed by atoms with van der Waals surface area (Å²) in [6.45, 7) is 8.80. The molecule has 0 saturated carbocycles. The molecule has 116 valence electrons. The lowest BCUT2D eigenvalue weighted by atomic mass is 10.1. The number of carboxylic acids is 1. The van der Waals surface area contributed by atoms with Crippen LogP contribution in [0.15, 0.2) is 11.1 Å². The first kappa shape index (κ1) is 18.7. The Bertz CT molecular complexity index is 338. The van der Waals surface area contributed by atoms with Gasteiger partial charge in [0.2, 0.25) is 5.91 Å². The van der Waals surface area contributed by atoms with E-state index in [0.29, 0.717) is 5.57 Å². The van der Waals surface area contributed by atoms with Gasteiger partial charge in [0.25, 0.3) is 0 Å². The maximum atomic E-state index is 12.4. The molecule has 4 nitrogen and oxygen atoms in total. The summed E-state index contributed by atoms with van der Waals surface area (Å²) in [6, 6.07) is 0. The lowest BCUT2D eigenvalue weighted by Gasteiger charge is -2.23. The van der Waals surface area contributed by atoms with Crippen molar-refractivity contribution in [2.45, 2.75) is 66.2 Å². The van der Waals surface area contributed by atoms with E-state index in [1.165, 1.54) is 6.92 Å². The van der Waals surface area contributed by atoms with Crippen LogP contribution < -0.4 is 0 Å². The number of nitrogens with zero attached hydrogens (tertiary/aromatic N) is 1. The third kappa shape index (κ3) is 6.73. The van der Waals surface area contributed by atoms with E-state index < -0.39 is 5.97 Å². The molecule has 0 aromatic heterocycles. The van der Waals surface area contributed by atoms with Gasteiger partial charge in [-0.2, -0.15) is 0 Å². The number of unbranched alkanes of at least 4 members (excludes halogenated alkanes) is 4. The average molecular weight is 283 g/mol. The van der Waals surface area contributed by atoms with E-state index in [9.17, 15) is 9.59 Å². The molecule has 0 aromatic carbocycles. The first-order chi connectivity index (χ1) is 9.45. The van der Waals surface area contributed by atoms with Gasteiger partial charge in [-0.15, -0.1) is 0 Å². The van der Waals surface area contributed by atoms with Crippen LogP contribution in [0.1, 0.15) is 66.2 Å². The zero-order chi connectivity index (χ0) is 15.5. The quantitative estimate of drug-likeness (QED) is 0.492. The monoisotopic (exact) mass is 283 g/mol. The van der Waals surface area contributed by atoms with Gasteiger partial charge in [0, 0.05) is 24.2 Å². The highest BCUT2D eigenvalue weighted by atomic mass is 16.4. The Morgan fingerprint density at radius 3 is 1.65 bits per heavy atom. The smallest absolute Gasteiger partial charge is 0.331 e. The molecule has 4 heteroatoms. The molecule has 1 amide bonds. The van der Waals surface area contributed by atoms with E-state index in [1.807, 2.05) is 4.90 Å². The molecule has 1 N–H and O–H groups in total. The average Bonchev–Trinajstić information content (AvgIpc) is 2.43. The van der Waals surface area contributed by atoms with Crippen molar-refractivity contribution in [2.75, 3.05) is 13.1 Å². The minimum Gasteiger partial charge on any atom is -0.478 e. The Hall–Kier alpha value is -1.32. The van der Waals surface area contributed by atoms with Crippen molar-refractivity contribution in [1.29, 1.82) is 0 Å². The van der Waals surface area contributed by atoms with E-state index in [2.05, 4.69) is 13.8 Å². The normalized spacial score (nSPS) is 12.0. The molecule has 0 fully saturated rings. The molecular formula is C16H29NO3. The zero-order valence-corrected chi connectivity index (χ0v) is 13.4. The molecule has 0 spiro atoms. The standard InChI is InChI=1S/C16H29NO3/c1-5-7-9-11-17(12-10-8-6-2)15(18)13(3)14(4)16(19)20/h5-12H2,1-4H3,(H,19,20). The maximum absolute atomic E-state index is 12.4. The van der Waals surface area contributed by atoms with Crippen LogP contribution in [0.4, 0.5) is 0 Å². The molecule has 0 rings (SSSR count). The summed E-state index contributed by atoms with van der Waals surface area (Å²) in [5.41, 5.74) is 0.497. The molecule has 0 heterocycles. The minimum atomic E-state index is -1.02. The third-order valence-electron chi connectivity index (χ3n) is 3.55. The summed E-state index contributed by atoms with van der Waals surface area (Å²) in [5.74, 6) is -1.14. The summed E-state index contributed by atoms with van der Waals surface area (Å²) in [5, 5.41) is 8.98. The zero-order valence-electron chi connectivity index (χ0n) is 13.4. The Morgan fingerprint density at radius 2 is 1.30 bits per heavy atom. The van der Waals surface area contributed by atoms with Crippen LogP contribution in [-0.2, 0) is 9.59 Å². The van der Waals surface area contributed by atoms with Crippen molar-refractivity contribution in [3.05, 3.63) is 11.1 Å². The van der Waals surface area contributed by atoms with Crippen molar-refractivity contribution in [3.63, 3.8) is 0 Å². The molecule has 0 aliphatic heterocycles. The number of carboxylic acid groups (broad SMARTS) is 1. The molecule has 0 aromatic rings. The van der Waals surface area contributed by atoms with E-state index in [4.69, 9.17) is 5.11 Å². The predicted octanol–water partition coefficient (Wildman–Crippen LogP) is 3.62. The topological polar surface area (TPSA) is 57.6 Å². The largest absolute Gasteiger partial charge is 0.478 e. The summed E-state index contributed by atoms with van der Waals surface area (Å²) in [4.78, 5) is 25.2. The molecule has 0 atom stereocenters. The highest BCUT2D eigenvalue weighted by Crippen LogP contribution is 2.11. The SMILES string of the molecule is CCCCCN(CCCCC)C(=O)C(C)=C(C)C(=O)O. The van der Waals surface area contributed by atoms with Gasteiger partial charge in [0.05, 0.1) is 0 Å². The van der Waals surface area contributed by atoms with E-state index in [1.54, 1.807) is 6.92 Å². The second kappa shape index (κ2) is 10.5. The van der Waals surface area contributed by atoms with Crippen molar-refractivity contribution in [1.82, 2.24) is 4.90 Å². The van der Waals surface area contributed by atoms with Gasteiger partial charge in [-0.1, -0.05) is 39.5 Å². The van der Waals surface area contributed by atoms with Crippen LogP contribution in [0, 0.1) is 0 Å². The molecular weight excluding hydrogens is 254 g/mol. The summed E-state index contributed by atoms with van der Waals surface area (Å²) in [7, 11) is 0. The molecule has 0 aliphatic carbocycles. The van der Waals surface area contributed by atoms with E-state index in [-0.39, 0.29) is 11.5 Å². The Morgan fingerprint density at radius 1 is 0.850 bits per heavy atom. The highest BCUT2D eigenvalue weighted by molar-refractivity contribution is 6.01. The Labute approximate surface area is 122 Å². The Kier molecular flexibility index (Phi) is 9.77. The number of carbonyl (C=O) groups is 2. The number of hydrogen-bond acceptors (Lipinski definition) is 2. The van der Waals surface area contributed by atoms with Gasteiger partial charge in [-0.25, -0.2) is 4.79 Å². The fourth-order valence-electron chi connectivity index (χ4n) is 1.98. The maximum Gasteiger partial charge on any atom is 0.331 e. The van der Waals surface area contributed by atoms with Gasteiger partial charge >= 0.3 is 5.97 Å². The summed E-state index contributed by atoms with van der Waals surface area (Å²) in [6.07, 6.45) is 6.37. The molecule has 0 bridgehead atoms. The molecule has 0 aliphatic rings. The van der Waals surface area contributed by atoms with Crippen molar-refractivity contribution in [3.8, 4) is 0 Å². The van der Waals surface area contributed by atoms with Crippen molar-refractivity contribution < 1.29 is 14.7 Å². The van der Waals surface area contributed by atoms with Crippen LogP contribution in [0.5, 0.6) is 0 Å². The number of carbonyl (C=O) groups excluding carboxylic acids is 1. The van der Waals surface area contributed by atoms with Crippen LogP contribution in [0.25, 0.3) is 0 Å². The van der Waals surface area contributed by atoms with Gasteiger partial charge in [-0.3, -0.25) is 4.79 Å². The van der Waals surface area contributed by atoms with Gasteiger partial charge in [0.1, 0.15) is 0 Å². The number of rotatable bonds is 10. The van der Waals surface area contributed by atoms with Crippen LogP contribution >= 0.6 is 0 Å². The van der Waals surface area contributed by atoms with Gasteiger partial charge in [-0.05, 0) is 26.7 Å². The van der Waals surface area contributed by atoms with E-state index in [0.717, 1.165) is 51.6 Å². The third-order valence-corrected chi connectivity index (χ3v) is 3.55. The fraction of sp³-hybridized carbons (Fsp3) is 0.750. The van der Waals surface area contributed by atoms with Crippen molar-refractivity contribution >= 4 is 11.9 Å². The fourth-order valence-corrected chi connectivity index (χ4v) is 1.98. The lowest BCUT2D eigenvalue weighted by Crippen LogP contribution is -2.34. The van der Waals surface area contributed by atoms with Crippen LogP contribution in [0.2, 0.25) is 0 Å². The minimum absolute atomic E-state index is 0.128. The van der Waals surface area contributed by atoms with Crippen molar-refractivity contribution in [2.24, 2.45) is 0 Å². The van der Waals surface area contributed by atoms with Crippen LogP contribution in [0.3, 0.4) is 0 Å². The summed E-state index contributed by atoms with van der Waals surface area (Å²) >= 11 is 0. The molecule has 0 saturated heterocycles. The van der Waals surface area contributed by atoms with Gasteiger partial charge in [0.15, 0.2) is 0 Å². The van der Waals surface area contributed by atoms with Crippen LogP contribution in [-0.4, -0.2) is 35.0 Å². The predicted molar refractivity (Wildman–Crippen MR) is 81.6 cm³/mol. The number of amides is 1. The second-order valence-electron chi connectivity index (χ2n) is 5.26. The van der Waals surface area contributed by atoms with E-state index >= 15 is 0 Å². The second-order valence-corrected chi connectivity index (χ2v) is 5.26. The summed E-state index contributed by atoms with van der Waals surface area (Å²) < 4.78 is 0. The van der Waals surface area contributed by atoms with Gasteiger partial charge < -0.3 is 10.0 Å². The first-order valence-electron chi connectivity index (χ1n) is 7.65. The Balaban J connectivity index is 4.76. The first-order valence-corrected chi connectivity index (χ1v) is 7.65. The number of aliphatic carboxylic acids is 1. The molecule has 0 unspecified atom stereocenters.